The van der Waals surface area contributed by atoms with Crippen molar-refractivity contribution in [2.45, 2.75) is 32.2 Å². The van der Waals surface area contributed by atoms with E-state index in [-0.39, 0.29) is 24.4 Å². The Bertz CT molecular complexity index is 647. The van der Waals surface area contributed by atoms with E-state index in [0.717, 1.165) is 24.8 Å². The molecule has 1 fully saturated rings. The molecule has 1 amide bonds. The molecule has 0 spiro atoms. The van der Waals surface area contributed by atoms with Crippen molar-refractivity contribution in [3.8, 4) is 11.3 Å². The molecule has 124 valence electrons. The lowest BCUT2D eigenvalue weighted by molar-refractivity contribution is 0.0906. The zero-order valence-corrected chi connectivity index (χ0v) is 14.1. The molecular weight excluding hydrogens is 312 g/mol. The summed E-state index contributed by atoms with van der Waals surface area (Å²) in [5.74, 6) is 1.40. The minimum Gasteiger partial charge on any atom is -0.451 e. The topological polar surface area (TPSA) is 68.3 Å². The van der Waals surface area contributed by atoms with Crippen molar-refractivity contribution in [1.29, 1.82) is 0 Å². The molecule has 2 aromatic rings. The van der Waals surface area contributed by atoms with Crippen LogP contribution >= 0.6 is 12.4 Å². The van der Waals surface area contributed by atoms with E-state index in [1.165, 1.54) is 5.56 Å². The molecule has 0 bridgehead atoms. The Labute approximate surface area is 142 Å². The Kier molecular flexibility index (Phi) is 5.85. The van der Waals surface area contributed by atoms with E-state index in [4.69, 9.17) is 10.2 Å². The summed E-state index contributed by atoms with van der Waals surface area (Å²) in [5.41, 5.74) is 7.98. The van der Waals surface area contributed by atoms with E-state index in [1.807, 2.05) is 18.2 Å². The monoisotopic (exact) mass is 334 g/mol. The first-order valence-corrected chi connectivity index (χ1v) is 7.91. The maximum Gasteiger partial charge on any atom is 0.287 e. The van der Waals surface area contributed by atoms with Gasteiger partial charge in [-0.05, 0) is 42.9 Å². The summed E-state index contributed by atoms with van der Waals surface area (Å²) in [6.45, 7) is 2.60. The number of amides is 1. The van der Waals surface area contributed by atoms with E-state index in [9.17, 15) is 4.79 Å². The molecule has 0 radical (unpaired) electrons. The largest absolute Gasteiger partial charge is 0.451 e. The van der Waals surface area contributed by atoms with Crippen molar-refractivity contribution >= 4 is 18.3 Å². The molecule has 1 atom stereocenters. The normalized spacial score (nSPS) is 14.9. The van der Waals surface area contributed by atoms with Gasteiger partial charge in [0.25, 0.3) is 5.91 Å². The number of hydrogen-bond donors (Lipinski definition) is 2. The lowest BCUT2D eigenvalue weighted by atomic mass is 10.1. The first-order valence-electron chi connectivity index (χ1n) is 7.91. The molecule has 1 unspecified atom stereocenters. The highest BCUT2D eigenvalue weighted by Crippen LogP contribution is 2.32. The van der Waals surface area contributed by atoms with Crippen LogP contribution in [-0.4, -0.2) is 18.5 Å². The summed E-state index contributed by atoms with van der Waals surface area (Å²) in [7, 11) is 0. The molecule has 0 aliphatic heterocycles. The summed E-state index contributed by atoms with van der Waals surface area (Å²) < 4.78 is 5.70. The van der Waals surface area contributed by atoms with Gasteiger partial charge in [-0.2, -0.15) is 0 Å². The molecule has 4 nitrogen and oxygen atoms in total. The average molecular weight is 335 g/mol. The zero-order chi connectivity index (χ0) is 15.5. The SMILES string of the molecule is CCc1ccc(-c2ccc(C(=O)NC(CN)C3CC3)o2)cc1.Cl. The van der Waals surface area contributed by atoms with Crippen LogP contribution in [0.25, 0.3) is 11.3 Å². The molecule has 1 aliphatic rings. The van der Waals surface area contributed by atoms with Gasteiger partial charge >= 0.3 is 0 Å². The molecule has 1 aromatic carbocycles. The quantitative estimate of drug-likeness (QED) is 0.850. The standard InChI is InChI=1S/C18H22N2O2.ClH/c1-2-12-3-5-14(6-4-12)16-9-10-17(22-16)18(21)20-15(11-19)13-7-8-13;/h3-6,9-10,13,15H,2,7-8,11,19H2,1H3,(H,20,21);1H. The van der Waals surface area contributed by atoms with Gasteiger partial charge in [-0.3, -0.25) is 4.79 Å². The van der Waals surface area contributed by atoms with Crippen LogP contribution in [0.4, 0.5) is 0 Å². The van der Waals surface area contributed by atoms with Gasteiger partial charge in [0.2, 0.25) is 0 Å². The molecule has 3 rings (SSSR count). The van der Waals surface area contributed by atoms with Crippen molar-refractivity contribution < 1.29 is 9.21 Å². The van der Waals surface area contributed by atoms with Gasteiger partial charge in [-0.25, -0.2) is 0 Å². The average Bonchev–Trinajstić information content (AvgIpc) is 3.28. The first-order chi connectivity index (χ1) is 10.7. The zero-order valence-electron chi connectivity index (χ0n) is 13.2. The highest BCUT2D eigenvalue weighted by molar-refractivity contribution is 5.92. The van der Waals surface area contributed by atoms with E-state index >= 15 is 0 Å². The molecule has 1 aliphatic carbocycles. The van der Waals surface area contributed by atoms with Gasteiger partial charge in [-0.15, -0.1) is 12.4 Å². The van der Waals surface area contributed by atoms with E-state index in [2.05, 4.69) is 24.4 Å². The molecule has 1 heterocycles. The summed E-state index contributed by atoms with van der Waals surface area (Å²) in [4.78, 5) is 12.2. The Hall–Kier alpha value is -1.78. The second-order valence-electron chi connectivity index (χ2n) is 5.87. The van der Waals surface area contributed by atoms with Gasteiger partial charge < -0.3 is 15.5 Å². The Morgan fingerprint density at radius 1 is 1.26 bits per heavy atom. The van der Waals surface area contributed by atoms with Crippen LogP contribution in [-0.2, 0) is 6.42 Å². The lowest BCUT2D eigenvalue weighted by Gasteiger charge is -2.14. The smallest absolute Gasteiger partial charge is 0.287 e. The Morgan fingerprint density at radius 3 is 2.52 bits per heavy atom. The summed E-state index contributed by atoms with van der Waals surface area (Å²) in [6, 6.07) is 11.8. The van der Waals surface area contributed by atoms with Gasteiger partial charge in [0, 0.05) is 18.2 Å². The maximum absolute atomic E-state index is 12.2. The number of furan rings is 1. The second-order valence-corrected chi connectivity index (χ2v) is 5.87. The van der Waals surface area contributed by atoms with Gasteiger partial charge in [0.15, 0.2) is 5.76 Å². The fourth-order valence-corrected chi connectivity index (χ4v) is 2.63. The fourth-order valence-electron chi connectivity index (χ4n) is 2.63. The van der Waals surface area contributed by atoms with Gasteiger partial charge in [0.1, 0.15) is 5.76 Å². The van der Waals surface area contributed by atoms with Crippen LogP contribution in [0.5, 0.6) is 0 Å². The van der Waals surface area contributed by atoms with Crippen molar-refractivity contribution in [2.24, 2.45) is 11.7 Å². The van der Waals surface area contributed by atoms with Crippen LogP contribution in [0.15, 0.2) is 40.8 Å². The Balaban J connectivity index is 0.00000192. The molecular formula is C18H23ClN2O2. The number of aryl methyl sites for hydroxylation is 1. The van der Waals surface area contributed by atoms with Crippen molar-refractivity contribution in [3.05, 3.63) is 47.7 Å². The first kappa shape index (κ1) is 17.6. The lowest BCUT2D eigenvalue weighted by Crippen LogP contribution is -2.41. The predicted octanol–water partition coefficient (Wildman–Crippen LogP) is 3.40. The summed E-state index contributed by atoms with van der Waals surface area (Å²) >= 11 is 0. The van der Waals surface area contributed by atoms with E-state index in [0.29, 0.717) is 24.0 Å². The van der Waals surface area contributed by atoms with Crippen LogP contribution < -0.4 is 11.1 Å². The third-order valence-corrected chi connectivity index (χ3v) is 4.24. The van der Waals surface area contributed by atoms with Crippen LogP contribution in [0.2, 0.25) is 0 Å². The highest BCUT2D eigenvalue weighted by Gasteiger charge is 2.31. The number of hydrogen-bond acceptors (Lipinski definition) is 3. The van der Waals surface area contributed by atoms with Crippen LogP contribution in [0.1, 0.15) is 35.9 Å². The molecule has 23 heavy (non-hydrogen) atoms. The minimum absolute atomic E-state index is 0. The second kappa shape index (κ2) is 7.66. The number of halogens is 1. The maximum atomic E-state index is 12.2. The third kappa shape index (κ3) is 4.15. The number of rotatable bonds is 6. The number of carbonyl (C=O) groups is 1. The van der Waals surface area contributed by atoms with Gasteiger partial charge in [0.05, 0.1) is 0 Å². The number of benzene rings is 1. The molecule has 5 heteroatoms. The fraction of sp³-hybridized carbons (Fsp3) is 0.389. The van der Waals surface area contributed by atoms with Crippen molar-refractivity contribution in [1.82, 2.24) is 5.32 Å². The molecule has 3 N–H and O–H groups in total. The van der Waals surface area contributed by atoms with Gasteiger partial charge in [-0.1, -0.05) is 31.2 Å². The summed E-state index contributed by atoms with van der Waals surface area (Å²) in [5, 5.41) is 2.97. The number of nitrogens with two attached hydrogens (primary N) is 1. The predicted molar refractivity (Wildman–Crippen MR) is 93.8 cm³/mol. The molecule has 1 aromatic heterocycles. The Morgan fingerprint density at radius 2 is 1.96 bits per heavy atom. The van der Waals surface area contributed by atoms with Crippen molar-refractivity contribution in [2.75, 3.05) is 6.54 Å². The van der Waals surface area contributed by atoms with E-state index in [1.54, 1.807) is 6.07 Å². The van der Waals surface area contributed by atoms with Crippen LogP contribution in [0, 0.1) is 5.92 Å². The summed E-state index contributed by atoms with van der Waals surface area (Å²) in [6.07, 6.45) is 3.30. The minimum atomic E-state index is -0.182. The van der Waals surface area contributed by atoms with Crippen LogP contribution in [0.3, 0.4) is 0 Å². The number of nitrogens with one attached hydrogen (secondary N) is 1. The number of carbonyl (C=O) groups excluding carboxylic acids is 1. The third-order valence-electron chi connectivity index (χ3n) is 4.24. The highest BCUT2D eigenvalue weighted by atomic mass is 35.5. The van der Waals surface area contributed by atoms with Crippen molar-refractivity contribution in [3.63, 3.8) is 0 Å². The molecule has 0 saturated heterocycles. The van der Waals surface area contributed by atoms with E-state index < -0.39 is 0 Å². The molecule has 1 saturated carbocycles.